The van der Waals surface area contributed by atoms with Crippen LogP contribution in [0.15, 0.2) is 53.5 Å². The summed E-state index contributed by atoms with van der Waals surface area (Å²) in [6.45, 7) is 0. The lowest BCUT2D eigenvalue weighted by Crippen LogP contribution is -2.15. The smallest absolute Gasteiger partial charge is 0.259 e. The molecule has 4 rings (SSSR count). The van der Waals surface area contributed by atoms with Crippen LogP contribution in [0, 0.1) is 5.82 Å². The highest BCUT2D eigenvalue weighted by molar-refractivity contribution is 7.16. The van der Waals surface area contributed by atoms with Crippen LogP contribution in [0.2, 0.25) is 0 Å². The molecule has 1 N–H and O–H groups in total. The number of hydrogen-bond donors (Lipinski definition) is 1. The predicted molar refractivity (Wildman–Crippen MR) is 116 cm³/mol. The number of amides is 1. The Bertz CT molecular complexity index is 1060. The zero-order chi connectivity index (χ0) is 20.2. The van der Waals surface area contributed by atoms with Crippen LogP contribution in [-0.2, 0) is 12.8 Å². The molecule has 1 aliphatic carbocycles. The normalized spacial score (nSPS) is 13.3. The van der Waals surface area contributed by atoms with E-state index in [2.05, 4.69) is 10.3 Å². The molecule has 1 heterocycles. The molecular formula is C23H21FN2O2S. The first-order valence-electron chi connectivity index (χ1n) is 9.54. The first-order chi connectivity index (χ1) is 14.2. The number of aryl methyl sites for hydroxylation is 1. The van der Waals surface area contributed by atoms with E-state index in [9.17, 15) is 9.18 Å². The number of anilines is 1. The maximum atomic E-state index is 13.2. The van der Waals surface area contributed by atoms with Gasteiger partial charge in [-0.1, -0.05) is 24.3 Å². The second-order valence-electron chi connectivity index (χ2n) is 6.86. The molecule has 0 unspecified atom stereocenters. The van der Waals surface area contributed by atoms with Gasteiger partial charge in [0.1, 0.15) is 16.6 Å². The van der Waals surface area contributed by atoms with E-state index >= 15 is 0 Å². The fourth-order valence-corrected chi connectivity index (χ4v) is 4.72. The maximum absolute atomic E-state index is 13.2. The fourth-order valence-electron chi connectivity index (χ4n) is 3.49. The van der Waals surface area contributed by atoms with Crippen LogP contribution >= 0.6 is 11.3 Å². The summed E-state index contributed by atoms with van der Waals surface area (Å²) in [7, 11) is 1.58. The zero-order valence-electron chi connectivity index (χ0n) is 16.1. The van der Waals surface area contributed by atoms with Crippen molar-refractivity contribution in [1.82, 2.24) is 0 Å². The topological polar surface area (TPSA) is 50.7 Å². The number of carbonyl (C=O) groups is 1. The third-order valence-corrected chi connectivity index (χ3v) is 6.14. The Balaban J connectivity index is 1.68. The van der Waals surface area contributed by atoms with Crippen LogP contribution in [0.4, 0.5) is 15.1 Å². The van der Waals surface area contributed by atoms with Gasteiger partial charge in [0, 0.05) is 11.1 Å². The van der Waals surface area contributed by atoms with E-state index in [1.54, 1.807) is 36.8 Å². The average Bonchev–Trinajstić information content (AvgIpc) is 3.12. The number of fused-ring (bicyclic) bond motifs is 1. The van der Waals surface area contributed by atoms with Gasteiger partial charge in [-0.25, -0.2) is 9.38 Å². The molecular weight excluding hydrogens is 387 g/mol. The molecule has 0 saturated carbocycles. The van der Waals surface area contributed by atoms with Gasteiger partial charge in [-0.15, -0.1) is 11.3 Å². The lowest BCUT2D eigenvalue weighted by molar-refractivity contribution is 0.102. The second kappa shape index (κ2) is 8.57. The molecule has 0 aliphatic heterocycles. The molecule has 0 fully saturated rings. The van der Waals surface area contributed by atoms with Crippen LogP contribution in [0.1, 0.15) is 39.2 Å². The van der Waals surface area contributed by atoms with Crippen LogP contribution < -0.4 is 10.1 Å². The number of para-hydroxylation sites is 2. The van der Waals surface area contributed by atoms with Gasteiger partial charge < -0.3 is 10.1 Å². The molecule has 0 bridgehead atoms. The number of ether oxygens (including phenoxy) is 1. The molecule has 1 amide bonds. The van der Waals surface area contributed by atoms with Crippen LogP contribution in [0.25, 0.3) is 0 Å². The predicted octanol–water partition coefficient (Wildman–Crippen LogP) is 5.78. The summed E-state index contributed by atoms with van der Waals surface area (Å²) in [5.74, 6) is 0.145. The maximum Gasteiger partial charge on any atom is 0.259 e. The quantitative estimate of drug-likeness (QED) is 0.544. The van der Waals surface area contributed by atoms with Gasteiger partial charge in [-0.05, 0) is 61.1 Å². The Morgan fingerprint density at radius 1 is 1.14 bits per heavy atom. The molecule has 4 nitrogen and oxygen atoms in total. The lowest BCUT2D eigenvalue weighted by Gasteiger charge is -2.14. The molecule has 0 saturated heterocycles. The van der Waals surface area contributed by atoms with E-state index in [-0.39, 0.29) is 11.7 Å². The summed E-state index contributed by atoms with van der Waals surface area (Å²) in [6, 6.07) is 13.5. The average molecular weight is 408 g/mol. The van der Waals surface area contributed by atoms with E-state index in [0.29, 0.717) is 22.0 Å². The molecule has 0 atom stereocenters. The summed E-state index contributed by atoms with van der Waals surface area (Å²) >= 11 is 1.57. The van der Waals surface area contributed by atoms with Crippen LogP contribution in [0.3, 0.4) is 0 Å². The number of benzene rings is 2. The van der Waals surface area contributed by atoms with Crippen molar-refractivity contribution in [1.29, 1.82) is 0 Å². The van der Waals surface area contributed by atoms with Crippen molar-refractivity contribution in [2.45, 2.75) is 25.7 Å². The second-order valence-corrected chi connectivity index (χ2v) is 7.94. The minimum Gasteiger partial charge on any atom is -0.495 e. The zero-order valence-corrected chi connectivity index (χ0v) is 16.9. The minimum atomic E-state index is -0.286. The van der Waals surface area contributed by atoms with Crippen molar-refractivity contribution in [3.63, 3.8) is 0 Å². The first-order valence-corrected chi connectivity index (χ1v) is 10.4. The standard InChI is InChI=1S/C23H21FN2O2S/c1-28-19-8-4-3-7-18(19)26-22(27)21-17-6-2-5-9-20(17)29-23(21)25-14-15-10-12-16(24)13-11-15/h3-4,7-8,10-14H,2,5-6,9H2,1H3,(H,26,27). The van der Waals surface area contributed by atoms with Gasteiger partial charge in [-0.3, -0.25) is 4.79 Å². The summed E-state index contributed by atoms with van der Waals surface area (Å²) in [6.07, 6.45) is 5.73. The van der Waals surface area contributed by atoms with E-state index in [1.165, 1.54) is 17.0 Å². The number of carbonyl (C=O) groups excluding carboxylic acids is 1. The number of halogens is 1. The summed E-state index contributed by atoms with van der Waals surface area (Å²) in [5, 5.41) is 3.67. The third-order valence-electron chi connectivity index (χ3n) is 4.94. The molecule has 148 valence electrons. The van der Waals surface area contributed by atoms with Crippen molar-refractivity contribution in [3.05, 3.63) is 75.9 Å². The summed E-state index contributed by atoms with van der Waals surface area (Å²) in [5.41, 5.74) is 3.15. The van der Waals surface area contributed by atoms with Crippen molar-refractivity contribution in [3.8, 4) is 5.75 Å². The van der Waals surface area contributed by atoms with Gasteiger partial charge in [0.2, 0.25) is 0 Å². The van der Waals surface area contributed by atoms with E-state index < -0.39 is 0 Å². The number of nitrogens with zero attached hydrogens (tertiary/aromatic N) is 1. The molecule has 0 spiro atoms. The third kappa shape index (κ3) is 4.22. The monoisotopic (exact) mass is 408 g/mol. The Morgan fingerprint density at radius 2 is 1.90 bits per heavy atom. The molecule has 1 aromatic heterocycles. The highest BCUT2D eigenvalue weighted by Crippen LogP contribution is 2.40. The van der Waals surface area contributed by atoms with Gasteiger partial charge in [0.25, 0.3) is 5.91 Å². The largest absolute Gasteiger partial charge is 0.495 e. The lowest BCUT2D eigenvalue weighted by atomic mass is 9.95. The van der Waals surface area contributed by atoms with Crippen molar-refractivity contribution in [2.75, 3.05) is 12.4 Å². The number of rotatable bonds is 5. The van der Waals surface area contributed by atoms with E-state index in [4.69, 9.17) is 4.74 Å². The van der Waals surface area contributed by atoms with Crippen LogP contribution in [0.5, 0.6) is 5.75 Å². The summed E-state index contributed by atoms with van der Waals surface area (Å²) in [4.78, 5) is 19.0. The Labute approximate surface area is 173 Å². The van der Waals surface area contributed by atoms with E-state index in [0.717, 1.165) is 36.8 Å². The molecule has 0 radical (unpaired) electrons. The van der Waals surface area contributed by atoms with Crippen molar-refractivity contribution in [2.24, 2.45) is 4.99 Å². The first kappa shape index (κ1) is 19.3. The number of methoxy groups -OCH3 is 1. The van der Waals surface area contributed by atoms with Gasteiger partial charge in [0.05, 0.1) is 18.4 Å². The van der Waals surface area contributed by atoms with Crippen LogP contribution in [-0.4, -0.2) is 19.2 Å². The van der Waals surface area contributed by atoms with Crippen molar-refractivity contribution < 1.29 is 13.9 Å². The van der Waals surface area contributed by atoms with E-state index in [1.807, 2.05) is 24.3 Å². The highest BCUT2D eigenvalue weighted by atomic mass is 32.1. The number of nitrogens with one attached hydrogen (secondary N) is 1. The number of hydrogen-bond acceptors (Lipinski definition) is 4. The minimum absolute atomic E-state index is 0.180. The molecule has 2 aromatic carbocycles. The SMILES string of the molecule is COc1ccccc1NC(=O)c1c(N=Cc2ccc(F)cc2)sc2c1CCCC2. The molecule has 6 heteroatoms. The van der Waals surface area contributed by atoms with Crippen molar-refractivity contribution >= 4 is 34.1 Å². The fraction of sp³-hybridized carbons (Fsp3) is 0.217. The Hall–Kier alpha value is -2.99. The number of aliphatic imine (C=N–C) groups is 1. The van der Waals surface area contributed by atoms with Gasteiger partial charge in [-0.2, -0.15) is 0 Å². The summed E-state index contributed by atoms with van der Waals surface area (Å²) < 4.78 is 18.5. The number of thiophene rings is 1. The molecule has 29 heavy (non-hydrogen) atoms. The highest BCUT2D eigenvalue weighted by Gasteiger charge is 2.25. The molecule has 3 aromatic rings. The molecule has 1 aliphatic rings. The Kier molecular flexibility index (Phi) is 5.71. The van der Waals surface area contributed by atoms with Gasteiger partial charge in [0.15, 0.2) is 0 Å². The Morgan fingerprint density at radius 3 is 2.69 bits per heavy atom. The van der Waals surface area contributed by atoms with Gasteiger partial charge >= 0.3 is 0 Å².